The van der Waals surface area contributed by atoms with E-state index < -0.39 is 0 Å². The summed E-state index contributed by atoms with van der Waals surface area (Å²) >= 11 is 5.45. The van der Waals surface area contributed by atoms with E-state index in [0.717, 1.165) is 32.0 Å². The Hall–Kier alpha value is 0.1000. The van der Waals surface area contributed by atoms with Crippen molar-refractivity contribution in [2.24, 2.45) is 11.3 Å². The van der Waals surface area contributed by atoms with Crippen molar-refractivity contribution >= 4 is 27.3 Å². The quantitative estimate of drug-likeness (QED) is 0.846. The van der Waals surface area contributed by atoms with Gasteiger partial charge in [0.2, 0.25) is 0 Å². The first-order valence-electron chi connectivity index (χ1n) is 7.30. The normalized spacial score (nSPS) is 30.9. The van der Waals surface area contributed by atoms with Gasteiger partial charge in [0, 0.05) is 23.4 Å². The molecule has 2 fully saturated rings. The molecule has 4 heteroatoms. The van der Waals surface area contributed by atoms with Crippen molar-refractivity contribution < 1.29 is 4.74 Å². The second-order valence-electron chi connectivity index (χ2n) is 5.90. The predicted octanol–water partition coefficient (Wildman–Crippen LogP) is 3.85. The van der Waals surface area contributed by atoms with Crippen molar-refractivity contribution in [3.8, 4) is 0 Å². The van der Waals surface area contributed by atoms with E-state index in [1.165, 1.54) is 27.9 Å². The van der Waals surface area contributed by atoms with E-state index in [1.807, 2.05) is 11.3 Å². The Kier molecular flexibility index (Phi) is 4.32. The molecule has 0 aromatic carbocycles. The van der Waals surface area contributed by atoms with Gasteiger partial charge >= 0.3 is 0 Å². The molecule has 2 unspecified atom stereocenters. The van der Waals surface area contributed by atoms with Crippen LogP contribution in [0, 0.1) is 11.3 Å². The summed E-state index contributed by atoms with van der Waals surface area (Å²) in [7, 11) is 0. The highest BCUT2D eigenvalue weighted by atomic mass is 79.9. The largest absolute Gasteiger partial charge is 0.377 e. The lowest BCUT2D eigenvalue weighted by Gasteiger charge is -2.34. The van der Waals surface area contributed by atoms with Gasteiger partial charge in [0.1, 0.15) is 0 Å². The van der Waals surface area contributed by atoms with Crippen LogP contribution in [0.25, 0.3) is 0 Å². The van der Waals surface area contributed by atoms with Gasteiger partial charge in [0.05, 0.1) is 9.89 Å². The molecule has 0 amide bonds. The Morgan fingerprint density at radius 1 is 1.47 bits per heavy atom. The summed E-state index contributed by atoms with van der Waals surface area (Å²) in [5.74, 6) is 0.824. The standard InChI is InChI=1S/C15H22BrNOS/c1-2-17-10-15(9-12-5-6-13(16)19-12)7-8-18-14(15)11-3-4-11/h5-6,11,14,17H,2-4,7-10H2,1H3. The van der Waals surface area contributed by atoms with Crippen molar-refractivity contribution in [1.29, 1.82) is 0 Å². The van der Waals surface area contributed by atoms with Crippen LogP contribution in [0.1, 0.15) is 31.1 Å². The minimum absolute atomic E-state index is 0.321. The molecule has 0 spiro atoms. The maximum Gasteiger partial charge on any atom is 0.0701 e. The minimum Gasteiger partial charge on any atom is -0.377 e. The van der Waals surface area contributed by atoms with Crippen molar-refractivity contribution in [3.05, 3.63) is 20.8 Å². The van der Waals surface area contributed by atoms with Gasteiger partial charge in [-0.25, -0.2) is 0 Å². The van der Waals surface area contributed by atoms with E-state index in [-0.39, 0.29) is 0 Å². The van der Waals surface area contributed by atoms with Crippen molar-refractivity contribution in [1.82, 2.24) is 5.32 Å². The van der Waals surface area contributed by atoms with E-state index in [4.69, 9.17) is 4.74 Å². The molecule has 0 radical (unpaired) electrons. The third kappa shape index (κ3) is 3.07. The van der Waals surface area contributed by atoms with E-state index >= 15 is 0 Å². The van der Waals surface area contributed by atoms with Gasteiger partial charge in [-0.2, -0.15) is 0 Å². The van der Waals surface area contributed by atoms with Crippen LogP contribution in [0.5, 0.6) is 0 Å². The summed E-state index contributed by atoms with van der Waals surface area (Å²) < 4.78 is 7.36. The second-order valence-corrected chi connectivity index (χ2v) is 8.45. The molecular weight excluding hydrogens is 322 g/mol. The zero-order valence-electron chi connectivity index (χ0n) is 11.5. The topological polar surface area (TPSA) is 21.3 Å². The molecule has 1 aliphatic heterocycles. The van der Waals surface area contributed by atoms with Crippen LogP contribution in [0.3, 0.4) is 0 Å². The van der Waals surface area contributed by atoms with Crippen molar-refractivity contribution in [3.63, 3.8) is 0 Å². The van der Waals surface area contributed by atoms with Crippen molar-refractivity contribution in [2.75, 3.05) is 19.7 Å². The van der Waals surface area contributed by atoms with Crippen LogP contribution < -0.4 is 5.32 Å². The lowest BCUT2D eigenvalue weighted by molar-refractivity contribution is 0.0312. The van der Waals surface area contributed by atoms with Crippen LogP contribution in [0.2, 0.25) is 0 Å². The number of ether oxygens (including phenoxy) is 1. The maximum absolute atomic E-state index is 6.12. The number of hydrogen-bond donors (Lipinski definition) is 1. The van der Waals surface area contributed by atoms with Crippen LogP contribution in [-0.4, -0.2) is 25.8 Å². The van der Waals surface area contributed by atoms with Gasteiger partial charge < -0.3 is 10.1 Å². The lowest BCUT2D eigenvalue weighted by Crippen LogP contribution is -2.43. The Labute approximate surface area is 128 Å². The Bertz CT molecular complexity index is 432. The van der Waals surface area contributed by atoms with Crippen molar-refractivity contribution in [2.45, 2.75) is 38.7 Å². The van der Waals surface area contributed by atoms with E-state index in [0.29, 0.717) is 11.5 Å². The first kappa shape index (κ1) is 14.1. The fourth-order valence-corrected chi connectivity index (χ4v) is 4.99. The zero-order valence-corrected chi connectivity index (χ0v) is 13.9. The summed E-state index contributed by atoms with van der Waals surface area (Å²) in [5.41, 5.74) is 0.321. The van der Waals surface area contributed by atoms with Gasteiger partial charge in [0.25, 0.3) is 0 Å². The number of halogens is 1. The van der Waals surface area contributed by atoms with E-state index in [1.54, 1.807) is 0 Å². The van der Waals surface area contributed by atoms with Crippen LogP contribution in [0.4, 0.5) is 0 Å². The summed E-state index contributed by atoms with van der Waals surface area (Å²) in [4.78, 5) is 1.49. The SMILES string of the molecule is CCNCC1(Cc2ccc(Br)s2)CCOC1C1CC1. The molecule has 1 aromatic heterocycles. The summed E-state index contributed by atoms with van der Waals surface area (Å²) in [6, 6.07) is 4.44. The Balaban J connectivity index is 1.78. The molecule has 1 aliphatic carbocycles. The average molecular weight is 344 g/mol. The molecule has 1 saturated heterocycles. The zero-order chi connectivity index (χ0) is 13.3. The number of rotatable bonds is 6. The number of hydrogen-bond acceptors (Lipinski definition) is 3. The monoisotopic (exact) mass is 343 g/mol. The molecule has 106 valence electrons. The molecule has 1 aromatic rings. The summed E-state index contributed by atoms with van der Waals surface area (Å²) in [5, 5.41) is 3.58. The third-order valence-corrected chi connectivity index (χ3v) is 6.06. The van der Waals surface area contributed by atoms with Gasteiger partial charge in [-0.3, -0.25) is 0 Å². The van der Waals surface area contributed by atoms with Gasteiger partial charge in [-0.05, 0) is 66.2 Å². The van der Waals surface area contributed by atoms with Gasteiger partial charge in [-0.15, -0.1) is 11.3 Å². The molecule has 1 saturated carbocycles. The molecule has 3 rings (SSSR count). The molecule has 1 N–H and O–H groups in total. The first-order valence-corrected chi connectivity index (χ1v) is 8.91. The summed E-state index contributed by atoms with van der Waals surface area (Å²) in [6.45, 7) is 5.28. The highest BCUT2D eigenvalue weighted by molar-refractivity contribution is 9.11. The molecular formula is C15H22BrNOS. The molecule has 19 heavy (non-hydrogen) atoms. The van der Waals surface area contributed by atoms with E-state index in [2.05, 4.69) is 40.3 Å². The number of nitrogens with one attached hydrogen (secondary N) is 1. The van der Waals surface area contributed by atoms with Crippen LogP contribution in [-0.2, 0) is 11.2 Å². The maximum atomic E-state index is 6.12. The highest BCUT2D eigenvalue weighted by Gasteiger charge is 2.50. The Morgan fingerprint density at radius 3 is 2.95 bits per heavy atom. The molecule has 2 aliphatic rings. The van der Waals surface area contributed by atoms with Gasteiger partial charge in [0.15, 0.2) is 0 Å². The fraction of sp³-hybridized carbons (Fsp3) is 0.733. The first-order chi connectivity index (χ1) is 9.23. The molecule has 2 heterocycles. The fourth-order valence-electron chi connectivity index (χ4n) is 3.35. The predicted molar refractivity (Wildman–Crippen MR) is 83.8 cm³/mol. The van der Waals surface area contributed by atoms with Crippen LogP contribution in [0.15, 0.2) is 15.9 Å². The highest BCUT2D eigenvalue weighted by Crippen LogP contribution is 2.49. The lowest BCUT2D eigenvalue weighted by atomic mass is 9.75. The molecule has 2 nitrogen and oxygen atoms in total. The second kappa shape index (κ2) is 5.84. The third-order valence-electron chi connectivity index (χ3n) is 4.43. The molecule has 2 atom stereocenters. The van der Waals surface area contributed by atoms with Gasteiger partial charge in [-0.1, -0.05) is 6.92 Å². The average Bonchev–Trinajstić information content (AvgIpc) is 3.04. The summed E-state index contributed by atoms with van der Waals surface area (Å²) in [6.07, 6.45) is 5.58. The number of thiophene rings is 1. The smallest absolute Gasteiger partial charge is 0.0701 e. The van der Waals surface area contributed by atoms with Crippen LogP contribution >= 0.6 is 27.3 Å². The van der Waals surface area contributed by atoms with E-state index in [9.17, 15) is 0 Å². The Morgan fingerprint density at radius 2 is 2.32 bits per heavy atom. The molecule has 0 bridgehead atoms. The minimum atomic E-state index is 0.321.